The molecule has 2 heterocycles. The first-order chi connectivity index (χ1) is 15.0. The Morgan fingerprint density at radius 2 is 1.81 bits per heavy atom. The Morgan fingerprint density at radius 3 is 2.52 bits per heavy atom. The van der Waals surface area contributed by atoms with Crippen molar-refractivity contribution in [1.29, 1.82) is 0 Å². The average molecular weight is 470 g/mol. The van der Waals surface area contributed by atoms with Crippen molar-refractivity contribution in [3.63, 3.8) is 0 Å². The molecule has 31 heavy (non-hydrogen) atoms. The van der Waals surface area contributed by atoms with Gasteiger partial charge in [-0.1, -0.05) is 65.3 Å². The number of rotatable bonds is 7. The molecule has 0 radical (unpaired) electrons. The zero-order valence-electron chi connectivity index (χ0n) is 17.0. The lowest BCUT2D eigenvalue weighted by Gasteiger charge is -2.07. The minimum Gasteiger partial charge on any atom is -0.302 e. The van der Waals surface area contributed by atoms with Crippen LogP contribution in [0.2, 0.25) is 5.02 Å². The summed E-state index contributed by atoms with van der Waals surface area (Å²) in [5, 5.41) is 15.3. The number of carbonyl (C=O) groups excluding carboxylic acids is 1. The van der Waals surface area contributed by atoms with Crippen LogP contribution in [0.15, 0.2) is 59.1 Å². The fourth-order valence-corrected chi connectivity index (χ4v) is 4.63. The second-order valence-electron chi connectivity index (χ2n) is 6.80. The van der Waals surface area contributed by atoms with E-state index in [-0.39, 0.29) is 11.7 Å². The zero-order chi connectivity index (χ0) is 21.8. The van der Waals surface area contributed by atoms with Gasteiger partial charge in [0, 0.05) is 28.1 Å². The third kappa shape index (κ3) is 5.15. The first-order valence-electron chi connectivity index (χ1n) is 9.68. The van der Waals surface area contributed by atoms with Crippen molar-refractivity contribution < 1.29 is 4.79 Å². The molecule has 4 rings (SSSR count). The molecule has 0 bridgehead atoms. The number of nitrogens with zero attached hydrogens (tertiary/aromatic N) is 4. The minimum atomic E-state index is -0.135. The van der Waals surface area contributed by atoms with Gasteiger partial charge < -0.3 is 9.88 Å². The van der Waals surface area contributed by atoms with Crippen LogP contribution in [0.1, 0.15) is 12.5 Å². The number of amides is 1. The van der Waals surface area contributed by atoms with Gasteiger partial charge in [0.2, 0.25) is 5.91 Å². The van der Waals surface area contributed by atoms with Crippen molar-refractivity contribution >= 4 is 45.7 Å². The predicted molar refractivity (Wildman–Crippen MR) is 128 cm³/mol. The van der Waals surface area contributed by atoms with Gasteiger partial charge in [0.25, 0.3) is 0 Å². The third-order valence-electron chi connectivity index (χ3n) is 4.57. The maximum absolute atomic E-state index is 12.4. The summed E-state index contributed by atoms with van der Waals surface area (Å²) in [5.74, 6) is 0.893. The second-order valence-corrected chi connectivity index (χ2v) is 9.04. The topological polar surface area (TPSA) is 72.7 Å². The lowest BCUT2D eigenvalue weighted by Crippen LogP contribution is -2.14. The largest absolute Gasteiger partial charge is 0.302 e. The van der Waals surface area contributed by atoms with Gasteiger partial charge in [-0.3, -0.25) is 4.79 Å². The van der Waals surface area contributed by atoms with Crippen molar-refractivity contribution in [3.8, 4) is 22.6 Å². The van der Waals surface area contributed by atoms with E-state index in [9.17, 15) is 4.79 Å². The van der Waals surface area contributed by atoms with E-state index in [1.165, 1.54) is 28.7 Å². The van der Waals surface area contributed by atoms with E-state index in [1.54, 1.807) is 0 Å². The standard InChI is InChI=1S/C22H20ClN5OS2/c1-3-28-20(16-6-4-14(2)5-7-16)26-27-22(28)31-13-19(29)25-21-24-18(12-30-21)15-8-10-17(23)11-9-15/h4-12H,3,13H2,1-2H3,(H,24,25,29). The lowest BCUT2D eigenvalue weighted by atomic mass is 10.1. The molecule has 1 N–H and O–H groups in total. The molecular formula is C22H20ClN5OS2. The summed E-state index contributed by atoms with van der Waals surface area (Å²) in [6, 6.07) is 15.6. The van der Waals surface area contributed by atoms with Gasteiger partial charge in [0.15, 0.2) is 16.1 Å². The number of anilines is 1. The van der Waals surface area contributed by atoms with Gasteiger partial charge in [0.05, 0.1) is 11.4 Å². The Morgan fingerprint density at radius 1 is 1.10 bits per heavy atom. The number of benzene rings is 2. The smallest absolute Gasteiger partial charge is 0.236 e. The highest BCUT2D eigenvalue weighted by Crippen LogP contribution is 2.27. The molecule has 2 aromatic carbocycles. The highest BCUT2D eigenvalue weighted by atomic mass is 35.5. The van der Waals surface area contributed by atoms with Crippen LogP contribution in [0.4, 0.5) is 5.13 Å². The SMILES string of the molecule is CCn1c(SCC(=O)Nc2nc(-c3ccc(Cl)cc3)cs2)nnc1-c1ccc(C)cc1. The normalized spacial score (nSPS) is 10.9. The highest BCUT2D eigenvalue weighted by molar-refractivity contribution is 7.99. The van der Waals surface area contributed by atoms with Crippen LogP contribution >= 0.6 is 34.7 Å². The number of hydrogen-bond acceptors (Lipinski definition) is 6. The molecule has 0 fully saturated rings. The van der Waals surface area contributed by atoms with Gasteiger partial charge in [0.1, 0.15) is 0 Å². The van der Waals surface area contributed by atoms with Crippen LogP contribution in [0.3, 0.4) is 0 Å². The molecule has 0 atom stereocenters. The fraction of sp³-hybridized carbons (Fsp3) is 0.182. The van der Waals surface area contributed by atoms with Gasteiger partial charge in [-0.25, -0.2) is 4.98 Å². The summed E-state index contributed by atoms with van der Waals surface area (Å²) in [5.41, 5.74) is 3.96. The van der Waals surface area contributed by atoms with E-state index in [4.69, 9.17) is 11.6 Å². The molecular weight excluding hydrogens is 450 g/mol. The summed E-state index contributed by atoms with van der Waals surface area (Å²) >= 11 is 8.69. The van der Waals surface area contributed by atoms with Crippen molar-refractivity contribution in [3.05, 3.63) is 64.5 Å². The Kier molecular flexibility index (Phi) is 6.70. The molecule has 9 heteroatoms. The summed E-state index contributed by atoms with van der Waals surface area (Å²) in [6.07, 6.45) is 0. The first-order valence-corrected chi connectivity index (χ1v) is 11.9. The second kappa shape index (κ2) is 9.64. The van der Waals surface area contributed by atoms with Crippen LogP contribution in [-0.2, 0) is 11.3 Å². The molecule has 1 amide bonds. The maximum atomic E-state index is 12.4. The molecule has 2 aromatic heterocycles. The van der Waals surface area contributed by atoms with Crippen LogP contribution in [0.25, 0.3) is 22.6 Å². The number of halogens is 1. The van der Waals surface area contributed by atoms with Gasteiger partial charge >= 0.3 is 0 Å². The van der Waals surface area contributed by atoms with Gasteiger partial charge in [-0.15, -0.1) is 21.5 Å². The quantitative estimate of drug-likeness (QED) is 0.347. The Labute approximate surface area is 193 Å². The Balaban J connectivity index is 1.39. The third-order valence-corrected chi connectivity index (χ3v) is 6.54. The van der Waals surface area contributed by atoms with Crippen molar-refractivity contribution in [2.45, 2.75) is 25.5 Å². The number of aryl methyl sites for hydroxylation is 1. The molecule has 0 aliphatic carbocycles. The van der Waals surface area contributed by atoms with E-state index in [0.717, 1.165) is 29.2 Å². The van der Waals surface area contributed by atoms with Crippen LogP contribution in [-0.4, -0.2) is 31.4 Å². The van der Waals surface area contributed by atoms with Crippen LogP contribution in [0.5, 0.6) is 0 Å². The molecule has 0 aliphatic rings. The summed E-state index contributed by atoms with van der Waals surface area (Å²) in [7, 11) is 0. The monoisotopic (exact) mass is 469 g/mol. The molecule has 0 saturated carbocycles. The van der Waals surface area contributed by atoms with E-state index < -0.39 is 0 Å². The molecule has 0 unspecified atom stereocenters. The zero-order valence-corrected chi connectivity index (χ0v) is 19.4. The molecule has 0 saturated heterocycles. The number of thiazole rings is 1. The van der Waals surface area contributed by atoms with Gasteiger partial charge in [-0.05, 0) is 26.0 Å². The average Bonchev–Trinajstić information content (AvgIpc) is 3.40. The summed E-state index contributed by atoms with van der Waals surface area (Å²) in [4.78, 5) is 16.9. The van der Waals surface area contributed by atoms with E-state index >= 15 is 0 Å². The lowest BCUT2D eigenvalue weighted by molar-refractivity contribution is -0.113. The maximum Gasteiger partial charge on any atom is 0.236 e. The summed E-state index contributed by atoms with van der Waals surface area (Å²) in [6.45, 7) is 4.81. The minimum absolute atomic E-state index is 0.135. The Hall–Kier alpha value is -2.68. The number of aromatic nitrogens is 4. The van der Waals surface area contributed by atoms with E-state index in [1.807, 2.05) is 53.3 Å². The predicted octanol–water partition coefficient (Wildman–Crippen LogP) is 5.78. The molecule has 6 nitrogen and oxygen atoms in total. The Bertz CT molecular complexity index is 1190. The number of nitrogens with one attached hydrogen (secondary N) is 1. The molecule has 158 valence electrons. The molecule has 0 aliphatic heterocycles. The van der Waals surface area contributed by atoms with Crippen molar-refractivity contribution in [2.75, 3.05) is 11.1 Å². The summed E-state index contributed by atoms with van der Waals surface area (Å²) < 4.78 is 2.02. The number of carbonyl (C=O) groups is 1. The number of hydrogen-bond donors (Lipinski definition) is 1. The van der Waals surface area contributed by atoms with Gasteiger partial charge in [-0.2, -0.15) is 0 Å². The highest BCUT2D eigenvalue weighted by Gasteiger charge is 2.15. The molecule has 0 spiro atoms. The van der Waals surface area contributed by atoms with E-state index in [2.05, 4.69) is 39.6 Å². The van der Waals surface area contributed by atoms with Crippen LogP contribution in [0, 0.1) is 6.92 Å². The van der Waals surface area contributed by atoms with Crippen LogP contribution < -0.4 is 5.32 Å². The first kappa shape index (κ1) is 21.5. The van der Waals surface area contributed by atoms with Crippen molar-refractivity contribution in [2.24, 2.45) is 0 Å². The van der Waals surface area contributed by atoms with Crippen molar-refractivity contribution in [1.82, 2.24) is 19.7 Å². The molecule has 4 aromatic rings. The number of thioether (sulfide) groups is 1. The van der Waals surface area contributed by atoms with E-state index in [0.29, 0.717) is 15.3 Å². The fourth-order valence-electron chi connectivity index (χ4n) is 2.97.